The van der Waals surface area contributed by atoms with Gasteiger partial charge in [0.2, 0.25) is 5.60 Å². The van der Waals surface area contributed by atoms with Gasteiger partial charge in [-0.15, -0.1) is 0 Å². The molecule has 1 saturated heterocycles. The zero-order valence-electron chi connectivity index (χ0n) is 9.83. The normalized spacial score (nSPS) is 30.0. The van der Waals surface area contributed by atoms with E-state index >= 15 is 0 Å². The molecule has 1 aromatic rings. The Morgan fingerprint density at radius 1 is 1.44 bits per heavy atom. The van der Waals surface area contributed by atoms with Gasteiger partial charge in [0.05, 0.1) is 0 Å². The number of halogens is 1. The van der Waals surface area contributed by atoms with Gasteiger partial charge in [0.15, 0.2) is 0 Å². The standard InChI is InChI=1S/C13H12FNO3/c1-7-4-8-2-3-9(14)5-10(8)13(6-7)11(16)15-12(17)18-13/h2-3,5,7H,4,6H2,1H3,(H,15,16,17). The molecule has 94 valence electrons. The second-order valence-corrected chi connectivity index (χ2v) is 4.99. The number of benzene rings is 1. The summed E-state index contributed by atoms with van der Waals surface area (Å²) in [4.78, 5) is 23.3. The third kappa shape index (κ3) is 1.43. The van der Waals surface area contributed by atoms with Crippen LogP contribution in [0.1, 0.15) is 24.5 Å². The Hall–Kier alpha value is -1.91. The summed E-state index contributed by atoms with van der Waals surface area (Å²) in [5, 5.41) is 2.14. The van der Waals surface area contributed by atoms with E-state index in [1.54, 1.807) is 6.07 Å². The number of carbonyl (C=O) groups excluding carboxylic acids is 2. The van der Waals surface area contributed by atoms with Crippen LogP contribution in [-0.4, -0.2) is 12.0 Å². The highest BCUT2D eigenvalue weighted by Gasteiger charge is 2.54. The van der Waals surface area contributed by atoms with Crippen molar-refractivity contribution in [2.45, 2.75) is 25.4 Å². The third-order valence-corrected chi connectivity index (χ3v) is 3.56. The highest BCUT2D eigenvalue weighted by atomic mass is 19.1. The zero-order chi connectivity index (χ0) is 12.9. The number of hydrogen-bond donors (Lipinski definition) is 1. The number of hydrogen-bond acceptors (Lipinski definition) is 3. The maximum absolute atomic E-state index is 13.4. The number of carbonyl (C=O) groups is 2. The predicted octanol–water partition coefficient (Wildman–Crippen LogP) is 1.87. The molecule has 2 unspecified atom stereocenters. The molecule has 18 heavy (non-hydrogen) atoms. The molecule has 0 saturated carbocycles. The monoisotopic (exact) mass is 249 g/mol. The van der Waals surface area contributed by atoms with Crippen molar-refractivity contribution >= 4 is 12.0 Å². The lowest BCUT2D eigenvalue weighted by Gasteiger charge is -2.34. The van der Waals surface area contributed by atoms with E-state index in [1.807, 2.05) is 6.92 Å². The minimum atomic E-state index is -1.34. The molecule has 1 aliphatic carbocycles. The first-order valence-electron chi connectivity index (χ1n) is 5.84. The van der Waals surface area contributed by atoms with Gasteiger partial charge < -0.3 is 4.74 Å². The highest BCUT2D eigenvalue weighted by molar-refractivity contribution is 6.03. The first kappa shape index (κ1) is 11.2. The van der Waals surface area contributed by atoms with Crippen LogP contribution in [0.5, 0.6) is 0 Å². The van der Waals surface area contributed by atoms with Crippen molar-refractivity contribution in [1.82, 2.24) is 5.32 Å². The maximum atomic E-state index is 13.4. The fraction of sp³-hybridized carbons (Fsp3) is 0.385. The lowest BCUT2D eigenvalue weighted by Crippen LogP contribution is -2.42. The van der Waals surface area contributed by atoms with E-state index in [2.05, 4.69) is 5.32 Å². The molecule has 2 aliphatic rings. The van der Waals surface area contributed by atoms with Crippen LogP contribution in [0.25, 0.3) is 0 Å². The largest absolute Gasteiger partial charge is 0.427 e. The Labute approximate surface area is 103 Å². The molecule has 0 bridgehead atoms. The van der Waals surface area contributed by atoms with Crippen LogP contribution >= 0.6 is 0 Å². The van der Waals surface area contributed by atoms with Crippen LogP contribution in [0.4, 0.5) is 9.18 Å². The Kier molecular flexibility index (Phi) is 2.20. The van der Waals surface area contributed by atoms with E-state index in [4.69, 9.17) is 4.74 Å². The van der Waals surface area contributed by atoms with E-state index in [1.165, 1.54) is 12.1 Å². The Bertz CT molecular complexity index is 557. The van der Waals surface area contributed by atoms with Crippen molar-refractivity contribution < 1.29 is 18.7 Å². The first-order valence-corrected chi connectivity index (χ1v) is 5.84. The van der Waals surface area contributed by atoms with Gasteiger partial charge in [0, 0.05) is 12.0 Å². The minimum absolute atomic E-state index is 0.194. The molecule has 2 amide bonds. The number of rotatable bonds is 0. The highest BCUT2D eigenvalue weighted by Crippen LogP contribution is 2.43. The number of amides is 2. The molecule has 1 aromatic carbocycles. The van der Waals surface area contributed by atoms with Crippen LogP contribution < -0.4 is 5.32 Å². The average Bonchev–Trinajstić information content (AvgIpc) is 2.55. The zero-order valence-corrected chi connectivity index (χ0v) is 9.83. The van der Waals surface area contributed by atoms with Gasteiger partial charge >= 0.3 is 6.09 Å². The van der Waals surface area contributed by atoms with Crippen molar-refractivity contribution in [2.24, 2.45) is 5.92 Å². The molecular weight excluding hydrogens is 237 g/mol. The van der Waals surface area contributed by atoms with E-state index in [0.717, 1.165) is 12.0 Å². The molecule has 1 N–H and O–H groups in total. The van der Waals surface area contributed by atoms with E-state index < -0.39 is 23.4 Å². The summed E-state index contributed by atoms with van der Waals surface area (Å²) in [6.07, 6.45) is 0.382. The molecule has 5 heteroatoms. The Morgan fingerprint density at radius 2 is 2.22 bits per heavy atom. The number of nitrogens with one attached hydrogen (secondary N) is 1. The summed E-state index contributed by atoms with van der Waals surface area (Å²) in [5.41, 5.74) is -0.00410. The van der Waals surface area contributed by atoms with Gasteiger partial charge in [-0.3, -0.25) is 10.1 Å². The summed E-state index contributed by atoms with van der Waals surface area (Å²) in [7, 11) is 0. The fourth-order valence-electron chi connectivity index (χ4n) is 2.89. The third-order valence-electron chi connectivity index (χ3n) is 3.56. The Morgan fingerprint density at radius 3 is 2.89 bits per heavy atom. The second-order valence-electron chi connectivity index (χ2n) is 4.99. The molecule has 0 aromatic heterocycles. The average molecular weight is 249 g/mol. The van der Waals surface area contributed by atoms with Crippen LogP contribution in [0.3, 0.4) is 0 Å². The topological polar surface area (TPSA) is 55.4 Å². The summed E-state index contributed by atoms with van der Waals surface area (Å²) in [6.45, 7) is 1.98. The van der Waals surface area contributed by atoms with Gasteiger partial charge in [-0.05, 0) is 30.0 Å². The van der Waals surface area contributed by atoms with Crippen molar-refractivity contribution in [1.29, 1.82) is 0 Å². The van der Waals surface area contributed by atoms with Gasteiger partial charge in [-0.1, -0.05) is 13.0 Å². The van der Waals surface area contributed by atoms with Crippen LogP contribution in [0, 0.1) is 11.7 Å². The molecule has 1 fully saturated rings. The number of ether oxygens (including phenoxy) is 1. The number of alkyl carbamates (subject to hydrolysis) is 1. The molecule has 0 radical (unpaired) electrons. The SMILES string of the molecule is CC1Cc2ccc(F)cc2C2(C1)OC(=O)NC2=O. The lowest BCUT2D eigenvalue weighted by molar-refractivity contribution is -0.134. The van der Waals surface area contributed by atoms with Gasteiger partial charge in [0.1, 0.15) is 5.82 Å². The number of fused-ring (bicyclic) bond motifs is 2. The van der Waals surface area contributed by atoms with Gasteiger partial charge in [-0.25, -0.2) is 9.18 Å². The minimum Gasteiger partial charge on any atom is -0.427 e. The van der Waals surface area contributed by atoms with Crippen LogP contribution in [0.2, 0.25) is 0 Å². The second kappa shape index (κ2) is 3.54. The predicted molar refractivity (Wildman–Crippen MR) is 60.2 cm³/mol. The van der Waals surface area contributed by atoms with Crippen molar-refractivity contribution in [3.8, 4) is 0 Å². The molecule has 1 spiro atoms. The maximum Gasteiger partial charge on any atom is 0.415 e. The smallest absolute Gasteiger partial charge is 0.415 e. The molecule has 3 rings (SSSR count). The Balaban J connectivity index is 2.20. The van der Waals surface area contributed by atoms with E-state index in [-0.39, 0.29) is 5.92 Å². The van der Waals surface area contributed by atoms with Crippen molar-refractivity contribution in [3.63, 3.8) is 0 Å². The fourth-order valence-corrected chi connectivity index (χ4v) is 2.89. The van der Waals surface area contributed by atoms with Gasteiger partial charge in [0.25, 0.3) is 5.91 Å². The molecule has 4 nitrogen and oxygen atoms in total. The summed E-state index contributed by atoms with van der Waals surface area (Å²) < 4.78 is 18.6. The van der Waals surface area contributed by atoms with Crippen molar-refractivity contribution in [2.75, 3.05) is 0 Å². The quantitative estimate of drug-likeness (QED) is 0.763. The molecular formula is C13H12FNO3. The lowest BCUT2D eigenvalue weighted by atomic mass is 9.74. The molecule has 1 aliphatic heterocycles. The van der Waals surface area contributed by atoms with Crippen LogP contribution in [-0.2, 0) is 21.6 Å². The van der Waals surface area contributed by atoms with E-state index in [0.29, 0.717) is 12.0 Å². The molecule has 1 heterocycles. The van der Waals surface area contributed by atoms with Gasteiger partial charge in [-0.2, -0.15) is 0 Å². The molecule has 2 atom stereocenters. The van der Waals surface area contributed by atoms with Crippen LogP contribution in [0.15, 0.2) is 18.2 Å². The number of imide groups is 1. The summed E-state index contributed by atoms with van der Waals surface area (Å²) >= 11 is 0. The van der Waals surface area contributed by atoms with E-state index in [9.17, 15) is 14.0 Å². The van der Waals surface area contributed by atoms with Crippen molar-refractivity contribution in [3.05, 3.63) is 35.1 Å². The summed E-state index contributed by atoms with van der Waals surface area (Å²) in [5.74, 6) is -0.732. The first-order chi connectivity index (χ1) is 8.51. The summed E-state index contributed by atoms with van der Waals surface area (Å²) in [6, 6.07) is 4.31.